The minimum Gasteiger partial charge on any atom is -0.444 e. The van der Waals surface area contributed by atoms with Gasteiger partial charge in [0.15, 0.2) is 16.2 Å². The van der Waals surface area contributed by atoms with E-state index in [0.717, 1.165) is 30.0 Å². The monoisotopic (exact) mass is 418 g/mol. The fourth-order valence-corrected chi connectivity index (χ4v) is 3.34. The smallest absolute Gasteiger partial charge is 0.287 e. The number of nitrogens with zero attached hydrogens (tertiary/aromatic N) is 2. The van der Waals surface area contributed by atoms with Crippen molar-refractivity contribution in [1.82, 2.24) is 15.5 Å². The van der Waals surface area contributed by atoms with Crippen molar-refractivity contribution in [3.8, 4) is 11.3 Å². The van der Waals surface area contributed by atoms with Crippen molar-refractivity contribution in [1.29, 1.82) is 0 Å². The summed E-state index contributed by atoms with van der Waals surface area (Å²) in [7, 11) is 0. The van der Waals surface area contributed by atoms with Crippen molar-refractivity contribution in [2.24, 2.45) is 0 Å². The lowest BCUT2D eigenvalue weighted by atomic mass is 10.1. The topological polar surface area (TPSA) is 74.2 Å². The van der Waals surface area contributed by atoms with Gasteiger partial charge in [-0.25, -0.2) is 4.39 Å². The quantitative estimate of drug-likeness (QED) is 0.678. The summed E-state index contributed by atoms with van der Waals surface area (Å²) in [6.45, 7) is 1.46. The maximum absolute atomic E-state index is 13.0. The Morgan fingerprint density at radius 2 is 2.12 bits per heavy atom. The molecule has 1 saturated heterocycles. The fraction of sp³-hybridized carbons (Fsp3) is 0.222. The zero-order chi connectivity index (χ0) is 18.1. The molecule has 0 aliphatic carbocycles. The molecule has 1 aliphatic heterocycles. The number of nitrogens with one attached hydrogen (secondary N) is 2. The summed E-state index contributed by atoms with van der Waals surface area (Å²) in [5.41, 5.74) is 1.70. The molecular weight excluding hydrogens is 403 g/mol. The van der Waals surface area contributed by atoms with Gasteiger partial charge in [0.2, 0.25) is 0 Å². The first kappa shape index (κ1) is 16.8. The van der Waals surface area contributed by atoms with E-state index in [1.165, 1.54) is 12.1 Å². The fourth-order valence-electron chi connectivity index (χ4n) is 3.03. The second-order valence-corrected chi connectivity index (χ2v) is 6.94. The van der Waals surface area contributed by atoms with Crippen molar-refractivity contribution in [2.75, 3.05) is 18.0 Å². The predicted molar refractivity (Wildman–Crippen MR) is 98.5 cm³/mol. The summed E-state index contributed by atoms with van der Waals surface area (Å²) in [5, 5.41) is 10.3. The number of hydrogen-bond donors (Lipinski definition) is 2. The molecule has 1 aromatic carbocycles. The molecule has 1 amide bonds. The van der Waals surface area contributed by atoms with Crippen LogP contribution in [0.15, 0.2) is 51.6 Å². The Bertz CT molecular complexity index is 921. The van der Waals surface area contributed by atoms with Crippen molar-refractivity contribution in [3.05, 3.63) is 58.7 Å². The number of carbonyl (C=O) groups excluding carboxylic acids is 1. The number of amides is 1. The SMILES string of the molecule is O=C(NC1CCN(c2cc(-c3ccc(F)cc3)[nH]n2)C1)c1ccc(Br)o1. The largest absolute Gasteiger partial charge is 0.444 e. The number of anilines is 1. The van der Waals surface area contributed by atoms with Gasteiger partial charge in [-0.15, -0.1) is 0 Å². The summed E-state index contributed by atoms with van der Waals surface area (Å²) in [6, 6.07) is 11.5. The highest BCUT2D eigenvalue weighted by molar-refractivity contribution is 9.10. The van der Waals surface area contributed by atoms with Crippen LogP contribution in [0.5, 0.6) is 0 Å². The van der Waals surface area contributed by atoms with E-state index >= 15 is 0 Å². The molecule has 0 saturated carbocycles. The molecule has 1 atom stereocenters. The number of benzene rings is 1. The third-order valence-electron chi connectivity index (χ3n) is 4.36. The van der Waals surface area contributed by atoms with Crippen LogP contribution in [0.25, 0.3) is 11.3 Å². The van der Waals surface area contributed by atoms with Gasteiger partial charge in [-0.1, -0.05) is 0 Å². The zero-order valence-electron chi connectivity index (χ0n) is 13.7. The molecule has 3 aromatic rings. The Morgan fingerprint density at radius 1 is 1.31 bits per heavy atom. The molecule has 1 fully saturated rings. The summed E-state index contributed by atoms with van der Waals surface area (Å²) in [4.78, 5) is 14.3. The average Bonchev–Trinajstić information content (AvgIpc) is 3.35. The second-order valence-electron chi connectivity index (χ2n) is 6.16. The molecule has 6 nitrogen and oxygen atoms in total. The van der Waals surface area contributed by atoms with Gasteiger partial charge >= 0.3 is 0 Å². The third-order valence-corrected chi connectivity index (χ3v) is 4.79. The maximum atomic E-state index is 13.0. The van der Waals surface area contributed by atoms with Crippen LogP contribution in [0.4, 0.5) is 10.2 Å². The highest BCUT2D eigenvalue weighted by atomic mass is 79.9. The van der Waals surface area contributed by atoms with Crippen molar-refractivity contribution >= 4 is 27.7 Å². The molecule has 4 rings (SSSR count). The number of rotatable bonds is 4. The lowest BCUT2D eigenvalue weighted by Gasteiger charge is -2.15. The molecular formula is C18H16BrFN4O2. The lowest BCUT2D eigenvalue weighted by molar-refractivity contribution is 0.0911. The molecule has 0 radical (unpaired) electrons. The van der Waals surface area contributed by atoms with Gasteiger partial charge in [-0.05, 0) is 64.3 Å². The van der Waals surface area contributed by atoms with Gasteiger partial charge in [0, 0.05) is 25.2 Å². The van der Waals surface area contributed by atoms with E-state index in [2.05, 4.69) is 36.3 Å². The summed E-state index contributed by atoms with van der Waals surface area (Å²) in [5.74, 6) is 0.599. The molecule has 8 heteroatoms. The van der Waals surface area contributed by atoms with Gasteiger partial charge in [-0.2, -0.15) is 5.10 Å². The molecule has 1 unspecified atom stereocenters. The highest BCUT2D eigenvalue weighted by Crippen LogP contribution is 2.25. The van der Waals surface area contributed by atoms with Crippen molar-refractivity contribution < 1.29 is 13.6 Å². The number of aromatic amines is 1. The van der Waals surface area contributed by atoms with E-state index < -0.39 is 0 Å². The molecule has 0 spiro atoms. The van der Waals surface area contributed by atoms with Crippen LogP contribution in [0.1, 0.15) is 17.0 Å². The maximum Gasteiger partial charge on any atom is 0.287 e. The van der Waals surface area contributed by atoms with Crippen LogP contribution in [0, 0.1) is 5.82 Å². The molecule has 1 aliphatic rings. The number of hydrogen-bond acceptors (Lipinski definition) is 4. The van der Waals surface area contributed by atoms with E-state index in [4.69, 9.17) is 4.42 Å². The number of furan rings is 1. The molecule has 134 valence electrons. The molecule has 2 N–H and O–H groups in total. The van der Waals surface area contributed by atoms with Crippen LogP contribution < -0.4 is 10.2 Å². The van der Waals surface area contributed by atoms with E-state index in [9.17, 15) is 9.18 Å². The summed E-state index contributed by atoms with van der Waals surface area (Å²) < 4.78 is 18.8. The van der Waals surface area contributed by atoms with E-state index in [1.807, 2.05) is 6.07 Å². The second kappa shape index (κ2) is 6.95. The third kappa shape index (κ3) is 3.50. The van der Waals surface area contributed by atoms with Crippen LogP contribution in [-0.4, -0.2) is 35.2 Å². The Hall–Kier alpha value is -2.61. The Kier molecular flexibility index (Phi) is 4.50. The van der Waals surface area contributed by atoms with Gasteiger partial charge in [0.05, 0.1) is 5.69 Å². The first-order valence-electron chi connectivity index (χ1n) is 8.21. The first-order chi connectivity index (χ1) is 12.6. The minimum atomic E-state index is -0.268. The average molecular weight is 419 g/mol. The van der Waals surface area contributed by atoms with E-state index in [1.54, 1.807) is 24.3 Å². The Labute approximate surface area is 157 Å². The van der Waals surface area contributed by atoms with Crippen molar-refractivity contribution in [3.63, 3.8) is 0 Å². The van der Waals surface area contributed by atoms with Crippen LogP contribution in [-0.2, 0) is 0 Å². The number of halogens is 2. The number of H-pyrrole nitrogens is 1. The lowest BCUT2D eigenvalue weighted by Crippen LogP contribution is -2.37. The van der Waals surface area contributed by atoms with Gasteiger partial charge in [-0.3, -0.25) is 9.89 Å². The molecule has 2 aromatic heterocycles. The van der Waals surface area contributed by atoms with Crippen LogP contribution in [0.3, 0.4) is 0 Å². The molecule has 3 heterocycles. The Morgan fingerprint density at radius 3 is 2.85 bits per heavy atom. The normalized spacial score (nSPS) is 16.8. The minimum absolute atomic E-state index is 0.0253. The Balaban J connectivity index is 1.39. The predicted octanol–water partition coefficient (Wildman–Crippen LogP) is 3.58. The molecule has 0 bridgehead atoms. The zero-order valence-corrected chi connectivity index (χ0v) is 15.3. The van der Waals surface area contributed by atoms with Gasteiger partial charge in [0.1, 0.15) is 5.82 Å². The summed E-state index contributed by atoms with van der Waals surface area (Å²) >= 11 is 3.19. The van der Waals surface area contributed by atoms with E-state index in [0.29, 0.717) is 11.2 Å². The van der Waals surface area contributed by atoms with Gasteiger partial charge < -0.3 is 14.6 Å². The van der Waals surface area contributed by atoms with Crippen LogP contribution >= 0.6 is 15.9 Å². The first-order valence-corrected chi connectivity index (χ1v) is 9.00. The molecule has 26 heavy (non-hydrogen) atoms. The standard InChI is InChI=1S/C18H16BrFN4O2/c19-16-6-5-15(26-16)18(25)21-13-7-8-24(10-13)17-9-14(22-23-17)11-1-3-12(20)4-2-11/h1-6,9,13H,7-8,10H2,(H,21,25)(H,22,23). The number of aromatic nitrogens is 2. The summed E-state index contributed by atoms with van der Waals surface area (Å²) in [6.07, 6.45) is 0.826. The highest BCUT2D eigenvalue weighted by Gasteiger charge is 2.26. The van der Waals surface area contributed by atoms with Crippen LogP contribution in [0.2, 0.25) is 0 Å². The van der Waals surface area contributed by atoms with Gasteiger partial charge in [0.25, 0.3) is 5.91 Å². The van der Waals surface area contributed by atoms with E-state index in [-0.39, 0.29) is 23.5 Å². The number of carbonyl (C=O) groups is 1. The van der Waals surface area contributed by atoms with Crippen molar-refractivity contribution in [2.45, 2.75) is 12.5 Å².